The van der Waals surface area contributed by atoms with Gasteiger partial charge in [0.15, 0.2) is 10.4 Å². The molecule has 1 N–H and O–H groups in total. The Kier molecular flexibility index (Phi) is 2.12. The second-order valence-corrected chi connectivity index (χ2v) is 4.30. The number of hydrogen-bond acceptors (Lipinski definition) is 3. The molecule has 0 radical (unpaired) electrons. The SMILES string of the molecule is Cc1nn(C)cc1-n1c(=S)[nH]c2cccnc21. The van der Waals surface area contributed by atoms with Crippen LogP contribution in [0.4, 0.5) is 0 Å². The van der Waals surface area contributed by atoms with Crippen molar-refractivity contribution in [2.45, 2.75) is 6.92 Å². The van der Waals surface area contributed by atoms with Crippen LogP contribution in [0.1, 0.15) is 5.69 Å². The highest BCUT2D eigenvalue weighted by Crippen LogP contribution is 2.19. The van der Waals surface area contributed by atoms with Gasteiger partial charge in [-0.05, 0) is 31.3 Å². The average Bonchev–Trinajstić information content (AvgIpc) is 2.77. The Morgan fingerprint density at radius 3 is 2.94 bits per heavy atom. The van der Waals surface area contributed by atoms with E-state index in [9.17, 15) is 0 Å². The highest BCUT2D eigenvalue weighted by Gasteiger charge is 2.11. The van der Waals surface area contributed by atoms with E-state index < -0.39 is 0 Å². The molecule has 86 valence electrons. The van der Waals surface area contributed by atoms with Crippen molar-refractivity contribution in [1.82, 2.24) is 24.3 Å². The zero-order chi connectivity index (χ0) is 12.0. The Morgan fingerprint density at radius 2 is 2.24 bits per heavy atom. The molecule has 3 rings (SSSR count). The molecule has 6 heteroatoms. The molecule has 0 fully saturated rings. The van der Waals surface area contributed by atoms with Crippen molar-refractivity contribution in [2.75, 3.05) is 0 Å². The van der Waals surface area contributed by atoms with Gasteiger partial charge < -0.3 is 4.98 Å². The molecule has 3 heterocycles. The molecule has 3 aromatic heterocycles. The quantitative estimate of drug-likeness (QED) is 0.668. The standard InChI is InChI=1S/C11H11N5S/c1-7-9(6-15(2)14-7)16-10-8(13-11(16)17)4-3-5-12-10/h3-6H,1-2H3,(H,13,17). The number of nitrogens with one attached hydrogen (secondary N) is 1. The second kappa shape index (κ2) is 3.53. The van der Waals surface area contributed by atoms with Crippen LogP contribution in [0, 0.1) is 11.7 Å². The molecule has 0 saturated heterocycles. The zero-order valence-electron chi connectivity index (χ0n) is 9.51. The Bertz CT molecular complexity index is 749. The number of aryl methyl sites for hydroxylation is 2. The van der Waals surface area contributed by atoms with Crippen LogP contribution >= 0.6 is 12.2 Å². The zero-order valence-corrected chi connectivity index (χ0v) is 10.3. The molecule has 0 saturated carbocycles. The molecule has 0 aliphatic carbocycles. The minimum absolute atomic E-state index is 0.634. The average molecular weight is 245 g/mol. The maximum Gasteiger partial charge on any atom is 0.184 e. The third-order valence-corrected chi connectivity index (χ3v) is 2.96. The Morgan fingerprint density at radius 1 is 1.41 bits per heavy atom. The predicted molar refractivity (Wildman–Crippen MR) is 67.8 cm³/mol. The smallest absolute Gasteiger partial charge is 0.184 e. The highest BCUT2D eigenvalue weighted by molar-refractivity contribution is 7.71. The Labute approximate surface area is 103 Å². The summed E-state index contributed by atoms with van der Waals surface area (Å²) in [4.78, 5) is 7.50. The lowest BCUT2D eigenvalue weighted by molar-refractivity contribution is 0.756. The van der Waals surface area contributed by atoms with Crippen LogP contribution in [-0.4, -0.2) is 24.3 Å². The van der Waals surface area contributed by atoms with Crippen molar-refractivity contribution >= 4 is 23.4 Å². The van der Waals surface area contributed by atoms with Crippen molar-refractivity contribution in [3.05, 3.63) is 35.0 Å². The van der Waals surface area contributed by atoms with Crippen molar-refractivity contribution in [2.24, 2.45) is 7.05 Å². The molecular weight excluding hydrogens is 234 g/mol. The number of H-pyrrole nitrogens is 1. The van der Waals surface area contributed by atoms with Crippen molar-refractivity contribution < 1.29 is 0 Å². The third-order valence-electron chi connectivity index (χ3n) is 2.67. The molecule has 0 bridgehead atoms. The summed E-state index contributed by atoms with van der Waals surface area (Å²) >= 11 is 5.33. The summed E-state index contributed by atoms with van der Waals surface area (Å²) in [5.41, 5.74) is 3.65. The normalized spacial score (nSPS) is 11.2. The van der Waals surface area contributed by atoms with E-state index in [4.69, 9.17) is 12.2 Å². The van der Waals surface area contributed by atoms with E-state index in [0.29, 0.717) is 4.77 Å². The maximum absolute atomic E-state index is 5.33. The summed E-state index contributed by atoms with van der Waals surface area (Å²) in [7, 11) is 1.89. The number of imidazole rings is 1. The molecule has 0 aliphatic rings. The van der Waals surface area contributed by atoms with Gasteiger partial charge in [0.1, 0.15) is 0 Å². The van der Waals surface area contributed by atoms with E-state index in [0.717, 1.165) is 22.5 Å². The van der Waals surface area contributed by atoms with E-state index in [1.165, 1.54) is 0 Å². The Balaban J connectivity index is 2.41. The number of rotatable bonds is 1. The number of nitrogens with zero attached hydrogens (tertiary/aromatic N) is 4. The molecule has 0 unspecified atom stereocenters. The lowest BCUT2D eigenvalue weighted by Crippen LogP contribution is -1.95. The summed E-state index contributed by atoms with van der Waals surface area (Å²) < 4.78 is 4.32. The lowest BCUT2D eigenvalue weighted by Gasteiger charge is -2.00. The molecule has 0 aromatic carbocycles. The third kappa shape index (κ3) is 1.49. The van der Waals surface area contributed by atoms with E-state index >= 15 is 0 Å². The summed E-state index contributed by atoms with van der Waals surface area (Å²) in [5.74, 6) is 0. The number of fused-ring (bicyclic) bond motifs is 1. The first-order chi connectivity index (χ1) is 8.16. The van der Waals surface area contributed by atoms with Crippen LogP contribution in [0.5, 0.6) is 0 Å². The van der Waals surface area contributed by atoms with E-state index in [2.05, 4.69) is 15.1 Å². The van der Waals surface area contributed by atoms with Crippen LogP contribution in [0.15, 0.2) is 24.5 Å². The predicted octanol–water partition coefficient (Wildman–Crippen LogP) is 2.13. The fourth-order valence-electron chi connectivity index (χ4n) is 1.97. The van der Waals surface area contributed by atoms with Gasteiger partial charge in [0, 0.05) is 19.4 Å². The first-order valence-electron chi connectivity index (χ1n) is 5.23. The van der Waals surface area contributed by atoms with E-state index in [-0.39, 0.29) is 0 Å². The van der Waals surface area contributed by atoms with Crippen LogP contribution in [0.25, 0.3) is 16.9 Å². The Hall–Kier alpha value is -1.95. The second-order valence-electron chi connectivity index (χ2n) is 3.91. The van der Waals surface area contributed by atoms with Crippen LogP contribution in [0.3, 0.4) is 0 Å². The van der Waals surface area contributed by atoms with Crippen LogP contribution in [0.2, 0.25) is 0 Å². The molecular formula is C11H11N5S. The molecule has 17 heavy (non-hydrogen) atoms. The molecule has 0 amide bonds. The molecule has 0 aliphatic heterocycles. The molecule has 3 aromatic rings. The summed E-state index contributed by atoms with van der Waals surface area (Å²) in [5, 5.41) is 4.32. The summed E-state index contributed by atoms with van der Waals surface area (Å²) in [6, 6.07) is 3.84. The number of hydrogen-bond donors (Lipinski definition) is 1. The maximum atomic E-state index is 5.33. The fraction of sp³-hybridized carbons (Fsp3) is 0.182. The van der Waals surface area contributed by atoms with Crippen molar-refractivity contribution in [3.63, 3.8) is 0 Å². The molecule has 5 nitrogen and oxygen atoms in total. The highest BCUT2D eigenvalue weighted by atomic mass is 32.1. The van der Waals surface area contributed by atoms with Gasteiger partial charge in [-0.15, -0.1) is 0 Å². The lowest BCUT2D eigenvalue weighted by atomic mass is 10.4. The minimum atomic E-state index is 0.634. The van der Waals surface area contributed by atoms with Crippen molar-refractivity contribution in [3.8, 4) is 5.69 Å². The van der Waals surface area contributed by atoms with Crippen molar-refractivity contribution in [1.29, 1.82) is 0 Å². The van der Waals surface area contributed by atoms with Crippen LogP contribution in [-0.2, 0) is 7.05 Å². The van der Waals surface area contributed by atoms with Crippen LogP contribution < -0.4 is 0 Å². The summed E-state index contributed by atoms with van der Waals surface area (Å²) in [6.07, 6.45) is 3.69. The van der Waals surface area contributed by atoms with Gasteiger partial charge in [-0.3, -0.25) is 9.25 Å². The van der Waals surface area contributed by atoms with E-state index in [1.54, 1.807) is 10.9 Å². The van der Waals surface area contributed by atoms with Gasteiger partial charge in [-0.25, -0.2) is 4.98 Å². The number of aromatic amines is 1. The largest absolute Gasteiger partial charge is 0.329 e. The number of aromatic nitrogens is 5. The van der Waals surface area contributed by atoms with Gasteiger partial charge in [0.05, 0.1) is 16.9 Å². The minimum Gasteiger partial charge on any atom is -0.329 e. The fourth-order valence-corrected chi connectivity index (χ4v) is 2.26. The number of pyridine rings is 1. The van der Waals surface area contributed by atoms with E-state index in [1.807, 2.05) is 36.9 Å². The molecule has 0 atom stereocenters. The topological polar surface area (TPSA) is 51.4 Å². The van der Waals surface area contributed by atoms with Gasteiger partial charge in [0.2, 0.25) is 0 Å². The molecule has 0 spiro atoms. The van der Waals surface area contributed by atoms with Gasteiger partial charge >= 0.3 is 0 Å². The summed E-state index contributed by atoms with van der Waals surface area (Å²) in [6.45, 7) is 1.96. The van der Waals surface area contributed by atoms with Gasteiger partial charge in [0.25, 0.3) is 0 Å². The first-order valence-corrected chi connectivity index (χ1v) is 5.64. The monoisotopic (exact) mass is 245 g/mol. The van der Waals surface area contributed by atoms with Gasteiger partial charge in [-0.1, -0.05) is 0 Å². The van der Waals surface area contributed by atoms with Gasteiger partial charge in [-0.2, -0.15) is 5.10 Å². The first kappa shape index (κ1) is 10.2.